The lowest BCUT2D eigenvalue weighted by molar-refractivity contribution is -0.384. The second-order valence-corrected chi connectivity index (χ2v) is 2.91. The molecule has 3 N–H and O–H groups in total. The standard InChI is InChI=1S/C8H7F3N4O2/c9-8(10,11)7(12)14-13-5-1-3-6(4-2-5)15(16)17/h1-4,13H,(H2,12,14). The van der Waals surface area contributed by atoms with Crippen LogP contribution in [0.2, 0.25) is 0 Å². The van der Waals surface area contributed by atoms with Crippen LogP contribution in [0, 0.1) is 10.1 Å². The topological polar surface area (TPSA) is 93.5 Å². The number of rotatable bonds is 3. The number of anilines is 1. The molecule has 9 heteroatoms. The molecule has 0 aliphatic rings. The van der Waals surface area contributed by atoms with E-state index in [-0.39, 0.29) is 11.4 Å². The molecule has 0 saturated carbocycles. The van der Waals surface area contributed by atoms with Crippen molar-refractivity contribution in [2.75, 3.05) is 5.43 Å². The van der Waals surface area contributed by atoms with Crippen molar-refractivity contribution in [3.8, 4) is 0 Å². The van der Waals surface area contributed by atoms with Crippen LogP contribution in [0.5, 0.6) is 0 Å². The summed E-state index contributed by atoms with van der Waals surface area (Å²) in [5, 5.41) is 13.2. The normalized spacial score (nSPS) is 12.3. The van der Waals surface area contributed by atoms with Gasteiger partial charge in [0, 0.05) is 12.1 Å². The van der Waals surface area contributed by atoms with E-state index in [1.54, 1.807) is 0 Å². The van der Waals surface area contributed by atoms with Gasteiger partial charge >= 0.3 is 6.18 Å². The minimum absolute atomic E-state index is 0.155. The molecule has 0 spiro atoms. The molecule has 0 atom stereocenters. The molecule has 1 aromatic rings. The van der Waals surface area contributed by atoms with Gasteiger partial charge in [-0.05, 0) is 12.1 Å². The molecule has 1 aromatic carbocycles. The molecule has 0 aliphatic carbocycles. The summed E-state index contributed by atoms with van der Waals surface area (Å²) >= 11 is 0. The maximum atomic E-state index is 11.9. The third-order valence-electron chi connectivity index (χ3n) is 1.67. The van der Waals surface area contributed by atoms with Crippen molar-refractivity contribution in [3.63, 3.8) is 0 Å². The smallest absolute Gasteiger partial charge is 0.378 e. The fourth-order valence-corrected chi connectivity index (χ4v) is 0.846. The van der Waals surface area contributed by atoms with Crippen molar-refractivity contribution in [2.24, 2.45) is 10.8 Å². The lowest BCUT2D eigenvalue weighted by atomic mass is 10.3. The maximum Gasteiger partial charge on any atom is 0.450 e. The lowest BCUT2D eigenvalue weighted by Crippen LogP contribution is -2.32. The maximum absolute atomic E-state index is 11.9. The van der Waals surface area contributed by atoms with E-state index in [2.05, 4.69) is 10.8 Å². The zero-order chi connectivity index (χ0) is 13.1. The first-order chi connectivity index (χ1) is 7.80. The summed E-state index contributed by atoms with van der Waals surface area (Å²) in [5.74, 6) is -1.53. The fraction of sp³-hybridized carbons (Fsp3) is 0.125. The highest BCUT2D eigenvalue weighted by Crippen LogP contribution is 2.17. The van der Waals surface area contributed by atoms with Crippen LogP contribution in [0.3, 0.4) is 0 Å². The van der Waals surface area contributed by atoms with Gasteiger partial charge in [0.25, 0.3) is 5.69 Å². The molecular formula is C8H7F3N4O2. The predicted molar refractivity (Wildman–Crippen MR) is 54.4 cm³/mol. The highest BCUT2D eigenvalue weighted by molar-refractivity contribution is 5.86. The molecule has 0 bridgehead atoms. The number of nitrogens with one attached hydrogen (secondary N) is 1. The molecule has 0 fully saturated rings. The van der Waals surface area contributed by atoms with Gasteiger partial charge < -0.3 is 5.73 Å². The second-order valence-electron chi connectivity index (χ2n) is 2.91. The monoisotopic (exact) mass is 248 g/mol. The highest BCUT2D eigenvalue weighted by atomic mass is 19.4. The van der Waals surface area contributed by atoms with Crippen LogP contribution in [0.1, 0.15) is 0 Å². The van der Waals surface area contributed by atoms with E-state index < -0.39 is 16.9 Å². The van der Waals surface area contributed by atoms with E-state index in [1.165, 1.54) is 12.1 Å². The molecule has 0 heterocycles. The van der Waals surface area contributed by atoms with Gasteiger partial charge in [0.2, 0.25) is 5.84 Å². The van der Waals surface area contributed by atoms with Gasteiger partial charge in [-0.3, -0.25) is 15.5 Å². The highest BCUT2D eigenvalue weighted by Gasteiger charge is 2.33. The van der Waals surface area contributed by atoms with Gasteiger partial charge in [-0.15, -0.1) is 0 Å². The number of hydrogen-bond acceptors (Lipinski definition) is 4. The van der Waals surface area contributed by atoms with Crippen LogP contribution in [0.4, 0.5) is 24.5 Å². The number of halogens is 3. The molecular weight excluding hydrogens is 241 g/mol. The molecule has 6 nitrogen and oxygen atoms in total. The molecule has 1 rings (SSSR count). The Balaban J connectivity index is 2.74. The summed E-state index contributed by atoms with van der Waals surface area (Å²) in [6, 6.07) is 4.68. The average Bonchev–Trinajstić information content (AvgIpc) is 2.25. The van der Waals surface area contributed by atoms with Gasteiger partial charge in [0.15, 0.2) is 0 Å². The minimum atomic E-state index is -4.71. The van der Waals surface area contributed by atoms with E-state index in [9.17, 15) is 23.3 Å². The summed E-state index contributed by atoms with van der Waals surface area (Å²) in [4.78, 5) is 9.67. The Hall–Kier alpha value is -2.32. The number of alkyl halides is 3. The molecule has 0 aliphatic heterocycles. The third-order valence-corrected chi connectivity index (χ3v) is 1.67. The van der Waals surface area contributed by atoms with Crippen LogP contribution >= 0.6 is 0 Å². The Kier molecular flexibility index (Phi) is 3.51. The van der Waals surface area contributed by atoms with Crippen molar-refractivity contribution in [2.45, 2.75) is 6.18 Å². The fourth-order valence-electron chi connectivity index (χ4n) is 0.846. The van der Waals surface area contributed by atoms with Crippen molar-refractivity contribution < 1.29 is 18.1 Å². The first-order valence-electron chi connectivity index (χ1n) is 4.21. The van der Waals surface area contributed by atoms with E-state index in [1.807, 2.05) is 5.43 Å². The molecule has 0 radical (unpaired) electrons. The Morgan fingerprint density at radius 2 is 1.88 bits per heavy atom. The number of benzene rings is 1. The zero-order valence-corrected chi connectivity index (χ0v) is 8.23. The quantitative estimate of drug-likeness (QED) is 0.369. The molecule has 92 valence electrons. The van der Waals surface area contributed by atoms with E-state index >= 15 is 0 Å². The molecule has 17 heavy (non-hydrogen) atoms. The van der Waals surface area contributed by atoms with Crippen molar-refractivity contribution in [3.05, 3.63) is 34.4 Å². The van der Waals surface area contributed by atoms with Crippen LogP contribution in [-0.2, 0) is 0 Å². The lowest BCUT2D eigenvalue weighted by Gasteiger charge is -2.05. The van der Waals surface area contributed by atoms with Gasteiger partial charge in [-0.2, -0.15) is 18.3 Å². The van der Waals surface area contributed by atoms with Crippen LogP contribution in [0.15, 0.2) is 29.4 Å². The SMILES string of the molecule is N/C(=N\Nc1ccc([N+](=O)[O-])cc1)C(F)(F)F. The number of non-ortho nitro benzene ring substituents is 1. The van der Waals surface area contributed by atoms with E-state index in [0.717, 1.165) is 12.1 Å². The summed E-state index contributed by atoms with van der Waals surface area (Å²) < 4.78 is 35.8. The summed E-state index contributed by atoms with van der Waals surface area (Å²) in [6.45, 7) is 0. The molecule has 0 aromatic heterocycles. The number of hydrogen-bond donors (Lipinski definition) is 2. The van der Waals surface area contributed by atoms with Gasteiger partial charge in [0.05, 0.1) is 10.6 Å². The van der Waals surface area contributed by atoms with Gasteiger partial charge in [-0.1, -0.05) is 0 Å². The van der Waals surface area contributed by atoms with Crippen LogP contribution in [0.25, 0.3) is 0 Å². The van der Waals surface area contributed by atoms with Crippen LogP contribution in [-0.4, -0.2) is 16.9 Å². The predicted octanol–water partition coefficient (Wildman–Crippen LogP) is 1.84. The van der Waals surface area contributed by atoms with Crippen molar-refractivity contribution in [1.29, 1.82) is 0 Å². The van der Waals surface area contributed by atoms with E-state index in [0.29, 0.717) is 0 Å². The number of hydrazone groups is 1. The average molecular weight is 248 g/mol. The first-order valence-corrected chi connectivity index (χ1v) is 4.21. The molecule has 0 saturated heterocycles. The Labute approximate surface area is 93.1 Å². The second kappa shape index (κ2) is 4.68. The van der Waals surface area contributed by atoms with Gasteiger partial charge in [0.1, 0.15) is 0 Å². The number of nitrogens with two attached hydrogens (primary N) is 1. The summed E-state index contributed by atoms with van der Waals surface area (Å²) in [6.07, 6.45) is -4.71. The van der Waals surface area contributed by atoms with Crippen molar-refractivity contribution >= 4 is 17.2 Å². The van der Waals surface area contributed by atoms with E-state index in [4.69, 9.17) is 0 Å². The number of nitrogens with zero attached hydrogens (tertiary/aromatic N) is 2. The first kappa shape index (κ1) is 12.7. The molecule has 0 amide bonds. The Morgan fingerprint density at radius 3 is 2.29 bits per heavy atom. The zero-order valence-electron chi connectivity index (χ0n) is 8.23. The Morgan fingerprint density at radius 1 is 1.35 bits per heavy atom. The third kappa shape index (κ3) is 3.63. The number of amidine groups is 1. The van der Waals surface area contributed by atoms with Gasteiger partial charge in [-0.25, -0.2) is 0 Å². The number of nitro groups is 1. The number of nitro benzene ring substituents is 1. The minimum Gasteiger partial charge on any atom is -0.378 e. The summed E-state index contributed by atoms with van der Waals surface area (Å²) in [5.41, 5.74) is 6.65. The summed E-state index contributed by atoms with van der Waals surface area (Å²) in [7, 11) is 0. The Bertz CT molecular complexity index is 441. The van der Waals surface area contributed by atoms with Crippen LogP contribution < -0.4 is 11.2 Å². The van der Waals surface area contributed by atoms with Crippen molar-refractivity contribution in [1.82, 2.24) is 0 Å². The largest absolute Gasteiger partial charge is 0.450 e. The molecule has 0 unspecified atom stereocenters.